The highest BCUT2D eigenvalue weighted by Crippen LogP contribution is 2.36. The molecule has 0 saturated heterocycles. The highest BCUT2D eigenvalue weighted by Gasteiger charge is 2.20. The van der Waals surface area contributed by atoms with Crippen LogP contribution in [-0.2, 0) is 11.2 Å². The van der Waals surface area contributed by atoms with E-state index < -0.39 is 0 Å². The molecule has 0 bridgehead atoms. The molecule has 106 valence electrons. The predicted octanol–water partition coefficient (Wildman–Crippen LogP) is 4.73. The molecule has 1 aromatic heterocycles. The standard InChI is InChI=1S/C17H20ClNO/c1-20-10-9-13-7-4-8-14-15(18)11-16(19-17(13)14)12-5-2-3-6-12/h4,7-8,11-12H,2-3,5-6,9-10H2,1H3. The zero-order chi connectivity index (χ0) is 13.9. The van der Waals surface area contributed by atoms with Gasteiger partial charge in [0.15, 0.2) is 0 Å². The van der Waals surface area contributed by atoms with Crippen LogP contribution >= 0.6 is 11.6 Å². The summed E-state index contributed by atoms with van der Waals surface area (Å²) in [5.74, 6) is 0.590. The van der Waals surface area contributed by atoms with Crippen molar-refractivity contribution in [3.05, 3.63) is 40.5 Å². The Kier molecular flexibility index (Phi) is 4.23. The lowest BCUT2D eigenvalue weighted by molar-refractivity contribution is 0.202. The van der Waals surface area contributed by atoms with Crippen molar-refractivity contribution in [3.8, 4) is 0 Å². The first kappa shape index (κ1) is 13.8. The van der Waals surface area contributed by atoms with Gasteiger partial charge in [0.1, 0.15) is 0 Å². The summed E-state index contributed by atoms with van der Waals surface area (Å²) in [6, 6.07) is 8.30. The summed E-state index contributed by atoms with van der Waals surface area (Å²) in [6.45, 7) is 0.714. The Morgan fingerprint density at radius 1 is 1.30 bits per heavy atom. The number of fused-ring (bicyclic) bond motifs is 1. The van der Waals surface area contributed by atoms with Crippen LogP contribution in [0.4, 0.5) is 0 Å². The van der Waals surface area contributed by atoms with Crippen molar-refractivity contribution in [2.75, 3.05) is 13.7 Å². The van der Waals surface area contributed by atoms with Crippen LogP contribution in [0.5, 0.6) is 0 Å². The van der Waals surface area contributed by atoms with Gasteiger partial charge in [0.2, 0.25) is 0 Å². The number of hydrogen-bond acceptors (Lipinski definition) is 2. The van der Waals surface area contributed by atoms with E-state index in [0.29, 0.717) is 12.5 Å². The molecular weight excluding hydrogens is 270 g/mol. The molecule has 0 N–H and O–H groups in total. The molecule has 0 radical (unpaired) electrons. The zero-order valence-electron chi connectivity index (χ0n) is 11.9. The molecule has 3 rings (SSSR count). The lowest BCUT2D eigenvalue weighted by Crippen LogP contribution is -2.01. The van der Waals surface area contributed by atoms with E-state index in [2.05, 4.69) is 24.3 Å². The van der Waals surface area contributed by atoms with Gasteiger partial charge in [-0.25, -0.2) is 0 Å². The van der Waals surface area contributed by atoms with Gasteiger partial charge < -0.3 is 4.74 Å². The summed E-state index contributed by atoms with van der Waals surface area (Å²) in [7, 11) is 1.73. The van der Waals surface area contributed by atoms with Crippen molar-refractivity contribution < 1.29 is 4.74 Å². The van der Waals surface area contributed by atoms with Gasteiger partial charge in [0.05, 0.1) is 17.1 Å². The van der Waals surface area contributed by atoms with Gasteiger partial charge in [-0.1, -0.05) is 42.6 Å². The molecule has 2 nitrogen and oxygen atoms in total. The van der Waals surface area contributed by atoms with Gasteiger partial charge in [0.25, 0.3) is 0 Å². The smallest absolute Gasteiger partial charge is 0.0753 e. The van der Waals surface area contributed by atoms with Crippen LogP contribution in [0.25, 0.3) is 10.9 Å². The lowest BCUT2D eigenvalue weighted by Gasteiger charge is -2.13. The van der Waals surface area contributed by atoms with Crippen molar-refractivity contribution in [1.82, 2.24) is 4.98 Å². The first-order chi connectivity index (χ1) is 9.79. The van der Waals surface area contributed by atoms with Crippen molar-refractivity contribution >= 4 is 22.5 Å². The van der Waals surface area contributed by atoms with Gasteiger partial charge in [-0.3, -0.25) is 4.98 Å². The molecule has 2 aromatic rings. The Hall–Kier alpha value is -1.12. The van der Waals surface area contributed by atoms with Gasteiger partial charge in [-0.2, -0.15) is 0 Å². The average Bonchev–Trinajstić information content (AvgIpc) is 2.99. The molecule has 0 amide bonds. The van der Waals surface area contributed by atoms with Crippen LogP contribution < -0.4 is 0 Å². The Labute approximate surface area is 125 Å². The van der Waals surface area contributed by atoms with Crippen LogP contribution in [0.3, 0.4) is 0 Å². The highest BCUT2D eigenvalue weighted by atomic mass is 35.5. The maximum atomic E-state index is 6.48. The van der Waals surface area contributed by atoms with E-state index in [1.165, 1.54) is 36.9 Å². The van der Waals surface area contributed by atoms with Gasteiger partial charge in [-0.05, 0) is 30.9 Å². The van der Waals surface area contributed by atoms with Crippen LogP contribution in [0.1, 0.15) is 42.9 Å². The second-order valence-electron chi connectivity index (χ2n) is 5.57. The predicted molar refractivity (Wildman–Crippen MR) is 83.5 cm³/mol. The molecule has 3 heteroatoms. The maximum absolute atomic E-state index is 6.48. The largest absolute Gasteiger partial charge is 0.384 e. The average molecular weight is 290 g/mol. The summed E-state index contributed by atoms with van der Waals surface area (Å²) >= 11 is 6.48. The van der Waals surface area contributed by atoms with Crippen LogP contribution in [0.2, 0.25) is 5.02 Å². The topological polar surface area (TPSA) is 22.1 Å². The molecule has 20 heavy (non-hydrogen) atoms. The fourth-order valence-corrected chi connectivity index (χ4v) is 3.39. The number of para-hydroxylation sites is 1. The number of rotatable bonds is 4. The molecule has 1 heterocycles. The number of aromatic nitrogens is 1. The number of nitrogens with zero attached hydrogens (tertiary/aromatic N) is 1. The van der Waals surface area contributed by atoms with Crippen LogP contribution in [0, 0.1) is 0 Å². The fourth-order valence-electron chi connectivity index (χ4n) is 3.13. The van der Waals surface area contributed by atoms with Crippen LogP contribution in [-0.4, -0.2) is 18.7 Å². The number of pyridine rings is 1. The van der Waals surface area contributed by atoms with E-state index in [1.807, 2.05) is 0 Å². The van der Waals surface area contributed by atoms with E-state index in [-0.39, 0.29) is 0 Å². The Morgan fingerprint density at radius 3 is 2.85 bits per heavy atom. The summed E-state index contributed by atoms with van der Waals surface area (Å²) in [6.07, 6.45) is 6.00. The Morgan fingerprint density at radius 2 is 2.10 bits per heavy atom. The van der Waals surface area contributed by atoms with E-state index in [9.17, 15) is 0 Å². The monoisotopic (exact) mass is 289 g/mol. The second kappa shape index (κ2) is 6.11. The molecule has 0 aliphatic heterocycles. The van der Waals surface area contributed by atoms with Crippen molar-refractivity contribution in [3.63, 3.8) is 0 Å². The molecule has 1 aromatic carbocycles. The number of ether oxygens (including phenoxy) is 1. The lowest BCUT2D eigenvalue weighted by atomic mass is 10.0. The summed E-state index contributed by atoms with van der Waals surface area (Å²) < 4.78 is 5.19. The van der Waals surface area contributed by atoms with Crippen molar-refractivity contribution in [1.29, 1.82) is 0 Å². The highest BCUT2D eigenvalue weighted by molar-refractivity contribution is 6.35. The number of hydrogen-bond donors (Lipinski definition) is 0. The van der Waals surface area contributed by atoms with Crippen LogP contribution in [0.15, 0.2) is 24.3 Å². The number of halogens is 1. The minimum atomic E-state index is 0.590. The van der Waals surface area contributed by atoms with E-state index in [4.69, 9.17) is 21.3 Å². The molecule has 1 aliphatic carbocycles. The van der Waals surface area contributed by atoms with E-state index in [0.717, 1.165) is 22.3 Å². The first-order valence-electron chi connectivity index (χ1n) is 7.36. The summed E-state index contributed by atoms with van der Waals surface area (Å²) in [5.41, 5.74) is 3.45. The first-order valence-corrected chi connectivity index (χ1v) is 7.74. The summed E-state index contributed by atoms with van der Waals surface area (Å²) in [4.78, 5) is 4.93. The third-order valence-corrected chi connectivity index (χ3v) is 4.55. The fraction of sp³-hybridized carbons (Fsp3) is 0.471. The van der Waals surface area contributed by atoms with Crippen molar-refractivity contribution in [2.24, 2.45) is 0 Å². The third-order valence-electron chi connectivity index (χ3n) is 4.24. The summed E-state index contributed by atoms with van der Waals surface area (Å²) in [5, 5.41) is 1.89. The van der Waals surface area contributed by atoms with Crippen molar-refractivity contribution in [2.45, 2.75) is 38.0 Å². The van der Waals surface area contributed by atoms with E-state index in [1.54, 1.807) is 7.11 Å². The Bertz CT molecular complexity index is 605. The van der Waals surface area contributed by atoms with Gasteiger partial charge in [0, 0.05) is 24.1 Å². The molecular formula is C17H20ClNO. The van der Waals surface area contributed by atoms with Gasteiger partial charge >= 0.3 is 0 Å². The molecule has 1 saturated carbocycles. The minimum absolute atomic E-state index is 0.590. The molecule has 0 unspecified atom stereocenters. The number of benzene rings is 1. The normalized spacial score (nSPS) is 16.1. The Balaban J connectivity index is 2.06. The van der Waals surface area contributed by atoms with Gasteiger partial charge in [-0.15, -0.1) is 0 Å². The minimum Gasteiger partial charge on any atom is -0.384 e. The van der Waals surface area contributed by atoms with E-state index >= 15 is 0 Å². The maximum Gasteiger partial charge on any atom is 0.0753 e. The quantitative estimate of drug-likeness (QED) is 0.811. The molecule has 1 fully saturated rings. The SMILES string of the molecule is COCCc1cccc2c(Cl)cc(C3CCCC3)nc12. The second-order valence-corrected chi connectivity index (χ2v) is 5.97. The third kappa shape index (κ3) is 2.68. The molecule has 0 atom stereocenters. The number of methoxy groups -OCH3 is 1. The molecule has 1 aliphatic rings. The molecule has 0 spiro atoms. The zero-order valence-corrected chi connectivity index (χ0v) is 12.6.